The van der Waals surface area contributed by atoms with Gasteiger partial charge < -0.3 is 24.6 Å². The number of ether oxygens (including phenoxy) is 1. The molecule has 3 N–H and O–H groups in total. The van der Waals surface area contributed by atoms with E-state index in [1.54, 1.807) is 48.7 Å². The molecule has 3 saturated heterocycles. The van der Waals surface area contributed by atoms with Crippen LogP contribution in [0, 0.1) is 5.92 Å². The smallest absolute Gasteiger partial charge is 0.355 e. The van der Waals surface area contributed by atoms with Gasteiger partial charge in [0, 0.05) is 35.2 Å². The summed E-state index contributed by atoms with van der Waals surface area (Å²) in [7, 11) is -4.44. The van der Waals surface area contributed by atoms with E-state index in [0.717, 1.165) is 38.5 Å². The summed E-state index contributed by atoms with van der Waals surface area (Å²) in [5.74, 6) is -2.67. The van der Waals surface area contributed by atoms with E-state index in [9.17, 15) is 24.1 Å². The van der Waals surface area contributed by atoms with Crippen molar-refractivity contribution in [3.8, 4) is 5.75 Å². The number of hydrogen-bond acceptors (Lipinski definition) is 10. The number of nitrogens with zero attached hydrogens (tertiary/aromatic N) is 3. The molecule has 60 heavy (non-hydrogen) atoms. The quantitative estimate of drug-likeness (QED) is 0.0839. The van der Waals surface area contributed by atoms with Gasteiger partial charge in [0.25, 0.3) is 5.91 Å². The fourth-order valence-electron chi connectivity index (χ4n) is 9.57. The molecule has 3 aliphatic heterocycles. The van der Waals surface area contributed by atoms with Crippen LogP contribution >= 0.6 is 18.9 Å². The number of hydrogen-bond donors (Lipinski definition) is 3. The van der Waals surface area contributed by atoms with Crippen molar-refractivity contribution in [1.82, 2.24) is 25.2 Å². The number of rotatable bonds is 14. The Morgan fingerprint density at radius 3 is 2.62 bits per heavy atom. The van der Waals surface area contributed by atoms with E-state index in [1.165, 1.54) is 36.0 Å². The van der Waals surface area contributed by atoms with Crippen molar-refractivity contribution in [3.05, 3.63) is 95.1 Å². The molecule has 4 fully saturated rings. The van der Waals surface area contributed by atoms with Gasteiger partial charge in [0.2, 0.25) is 11.8 Å². The summed E-state index contributed by atoms with van der Waals surface area (Å²) < 4.78 is 42.6. The minimum atomic E-state index is -4.44. The van der Waals surface area contributed by atoms with Crippen molar-refractivity contribution < 1.29 is 37.7 Å². The molecule has 12 nitrogen and oxygen atoms in total. The summed E-state index contributed by atoms with van der Waals surface area (Å²) in [4.78, 5) is 50.1. The molecular weight excluding hydrogens is 805 g/mol. The number of aliphatic hydroxyl groups excluding tert-OH is 1. The summed E-state index contributed by atoms with van der Waals surface area (Å²) >= 11 is 1.22. The standard InChI is InChI=1S/C45H55FN5O7PS/c1-4-21-57-44(55)29(3)49-59(56,58-35-10-6-5-7-11-35)40(46)30-13-17-38-32(23-30)24-39(60-38)41(52)48-36-15-12-28(2)22-34-14-16-37(51(34)42(36)53)43(54)50-27-33(25-45(50)18-19-45)31-9-8-20-47-26-31/h5-11,13,17,20,23-24,26,28-29,33-34,36-37,40,43,54H,4,12,14-16,18-19,21-22,25,27H2,1-3H3,(H,48,52)(H,49,56)/t28-,29+,33+,34-,36?,37+,40-,43?,59?/m1/s1. The molecule has 4 aliphatic rings. The van der Waals surface area contributed by atoms with Crippen LogP contribution in [0.5, 0.6) is 5.75 Å². The van der Waals surface area contributed by atoms with Gasteiger partial charge in [-0.25, -0.2) is 9.48 Å². The lowest BCUT2D eigenvalue weighted by atomic mass is 9.90. The molecule has 1 spiro atoms. The lowest BCUT2D eigenvalue weighted by molar-refractivity contribution is -0.146. The van der Waals surface area contributed by atoms with Crippen LogP contribution in [0.15, 0.2) is 79.1 Å². The SMILES string of the molecule is CCCOC(=O)[C@H](C)NP(=O)(Oc1ccccc1)[C@@H](F)c1ccc2sc(C(=O)NC3CC[C@@H](C)C[C@H]4CC[C@@H](C(O)N5C[C@@H](c6cccnc6)CC56CC6)N4C3=O)cc2c1. The first-order chi connectivity index (χ1) is 28.9. The van der Waals surface area contributed by atoms with Gasteiger partial charge in [-0.1, -0.05) is 44.2 Å². The van der Waals surface area contributed by atoms with Crippen LogP contribution in [-0.4, -0.2) is 86.8 Å². The number of halogens is 1. The Labute approximate surface area is 354 Å². The third-order valence-corrected chi connectivity index (χ3v) is 16.1. The highest BCUT2D eigenvalue weighted by atomic mass is 32.1. The van der Waals surface area contributed by atoms with Crippen LogP contribution in [-0.2, 0) is 18.9 Å². The lowest BCUT2D eigenvalue weighted by Crippen LogP contribution is -2.59. The number of likely N-dealkylation sites (tertiary alicyclic amines) is 1. The maximum absolute atomic E-state index is 16.6. The molecule has 15 heteroatoms. The molecule has 8 rings (SSSR count). The highest BCUT2D eigenvalue weighted by Gasteiger charge is 2.58. The first-order valence-electron chi connectivity index (χ1n) is 21.3. The van der Waals surface area contributed by atoms with Gasteiger partial charge in [-0.3, -0.25) is 28.8 Å². The maximum atomic E-state index is 16.6. The molecule has 4 aromatic rings. The van der Waals surface area contributed by atoms with E-state index >= 15 is 4.39 Å². The highest BCUT2D eigenvalue weighted by molar-refractivity contribution is 7.57. The number of benzene rings is 2. The number of carbonyl (C=O) groups is 3. The van der Waals surface area contributed by atoms with E-state index in [0.29, 0.717) is 46.7 Å². The zero-order chi connectivity index (χ0) is 42.2. The zero-order valence-electron chi connectivity index (χ0n) is 34.4. The van der Waals surface area contributed by atoms with Gasteiger partial charge in [0.05, 0.1) is 17.5 Å². The van der Waals surface area contributed by atoms with Crippen LogP contribution in [0.1, 0.15) is 111 Å². The van der Waals surface area contributed by atoms with Gasteiger partial charge in [-0.15, -0.1) is 11.3 Å². The van der Waals surface area contributed by atoms with Crippen molar-refractivity contribution in [1.29, 1.82) is 0 Å². The third kappa shape index (κ3) is 8.77. The molecule has 1 aliphatic carbocycles. The Hall–Kier alpha value is -4.20. The van der Waals surface area contributed by atoms with Crippen molar-refractivity contribution in [2.45, 2.75) is 126 Å². The summed E-state index contributed by atoms with van der Waals surface area (Å²) in [5, 5.41) is 18.4. The average molecular weight is 860 g/mol. The zero-order valence-corrected chi connectivity index (χ0v) is 36.1. The van der Waals surface area contributed by atoms with Crippen molar-refractivity contribution in [2.75, 3.05) is 13.2 Å². The number of fused-ring (bicyclic) bond motifs is 2. The van der Waals surface area contributed by atoms with E-state index in [2.05, 4.69) is 33.3 Å². The van der Waals surface area contributed by atoms with E-state index in [-0.39, 0.29) is 47.4 Å². The van der Waals surface area contributed by atoms with Gasteiger partial charge in [-0.05, 0) is 129 Å². The van der Waals surface area contributed by atoms with Gasteiger partial charge in [0.15, 0.2) is 0 Å². The molecule has 0 radical (unpaired) electrons. The number of nitrogens with one attached hydrogen (secondary N) is 2. The average Bonchev–Trinajstić information content (AvgIpc) is 3.53. The number of para-hydroxylation sites is 1. The number of amides is 2. The van der Waals surface area contributed by atoms with Gasteiger partial charge in [0.1, 0.15) is 24.1 Å². The fraction of sp³-hybridized carbons (Fsp3) is 0.511. The molecule has 5 heterocycles. The van der Waals surface area contributed by atoms with Crippen LogP contribution in [0.2, 0.25) is 0 Å². The second-order valence-electron chi connectivity index (χ2n) is 17.2. The number of alkyl halides is 1. The first kappa shape index (κ1) is 42.5. The third-order valence-electron chi connectivity index (χ3n) is 12.8. The van der Waals surface area contributed by atoms with Crippen LogP contribution in [0.25, 0.3) is 10.1 Å². The Morgan fingerprint density at radius 2 is 1.88 bits per heavy atom. The second kappa shape index (κ2) is 17.6. The normalized spacial score (nSPS) is 26.4. The number of aromatic nitrogens is 1. The fourth-order valence-corrected chi connectivity index (χ4v) is 12.4. The minimum absolute atomic E-state index is 0.0172. The predicted octanol–water partition coefficient (Wildman–Crippen LogP) is 8.09. The lowest BCUT2D eigenvalue weighted by Gasteiger charge is -2.42. The van der Waals surface area contributed by atoms with Gasteiger partial charge in [-0.2, -0.15) is 0 Å². The van der Waals surface area contributed by atoms with Crippen molar-refractivity contribution in [2.24, 2.45) is 5.92 Å². The summed E-state index contributed by atoms with van der Waals surface area (Å²) in [6.45, 7) is 6.37. The predicted molar refractivity (Wildman–Crippen MR) is 228 cm³/mol. The summed E-state index contributed by atoms with van der Waals surface area (Å²) in [6, 6.07) is 16.3. The molecule has 2 aromatic heterocycles. The highest BCUT2D eigenvalue weighted by Crippen LogP contribution is 2.58. The number of esters is 1. The maximum Gasteiger partial charge on any atom is 0.355 e. The molecule has 2 amide bonds. The van der Waals surface area contributed by atoms with Crippen LogP contribution in [0.3, 0.4) is 0 Å². The van der Waals surface area contributed by atoms with E-state index in [1.807, 2.05) is 24.1 Å². The number of carbonyl (C=O) groups excluding carboxylic acids is 3. The molecule has 1 saturated carbocycles. The first-order valence-corrected chi connectivity index (χ1v) is 23.8. The second-order valence-corrected chi connectivity index (χ2v) is 20.4. The van der Waals surface area contributed by atoms with E-state index < -0.39 is 43.6 Å². The topological polar surface area (TPSA) is 150 Å². The molecule has 3 unspecified atom stereocenters. The summed E-state index contributed by atoms with van der Waals surface area (Å²) in [6.07, 6.45) is 10.1. The minimum Gasteiger partial charge on any atom is -0.465 e. The van der Waals surface area contributed by atoms with Crippen LogP contribution in [0.4, 0.5) is 4.39 Å². The van der Waals surface area contributed by atoms with E-state index in [4.69, 9.17) is 9.26 Å². The number of pyridine rings is 1. The molecular formula is C45H55FN5O7PS. The Morgan fingerprint density at radius 1 is 1.08 bits per heavy atom. The van der Waals surface area contributed by atoms with Gasteiger partial charge >= 0.3 is 13.5 Å². The Kier molecular flexibility index (Phi) is 12.5. The Bertz CT molecular complexity index is 2230. The van der Waals surface area contributed by atoms with Crippen molar-refractivity contribution >= 4 is 46.7 Å². The number of aliphatic hydroxyl groups is 1. The molecule has 2 aromatic carbocycles. The Balaban J connectivity index is 0.990. The number of thiophene rings is 1. The van der Waals surface area contributed by atoms with Crippen LogP contribution < -0.4 is 14.9 Å². The molecule has 9 atom stereocenters. The monoisotopic (exact) mass is 859 g/mol. The largest absolute Gasteiger partial charge is 0.465 e. The summed E-state index contributed by atoms with van der Waals surface area (Å²) in [5.41, 5.74) is 1.16. The molecule has 320 valence electrons. The molecule has 0 bridgehead atoms. The van der Waals surface area contributed by atoms with Crippen molar-refractivity contribution in [3.63, 3.8) is 0 Å².